The lowest BCUT2D eigenvalue weighted by Crippen LogP contribution is -3.19. The van der Waals surface area contributed by atoms with Crippen molar-refractivity contribution in [2.24, 2.45) is 5.92 Å². The highest BCUT2D eigenvalue weighted by Crippen LogP contribution is 2.16. The summed E-state index contributed by atoms with van der Waals surface area (Å²) in [5, 5.41) is 2.92. The van der Waals surface area contributed by atoms with Crippen molar-refractivity contribution < 1.29 is 22.5 Å². The van der Waals surface area contributed by atoms with Crippen LogP contribution < -0.4 is 10.2 Å². The van der Waals surface area contributed by atoms with E-state index in [2.05, 4.69) is 5.32 Å². The molecule has 6 nitrogen and oxygen atoms in total. The highest BCUT2D eigenvalue weighted by Gasteiger charge is 2.34. The molecule has 1 saturated heterocycles. The summed E-state index contributed by atoms with van der Waals surface area (Å²) in [6, 6.07) is 4.65. The van der Waals surface area contributed by atoms with Gasteiger partial charge in [-0.15, -0.1) is 0 Å². The molecule has 1 aliphatic rings. The second-order valence-electron chi connectivity index (χ2n) is 6.88. The van der Waals surface area contributed by atoms with E-state index in [9.17, 15) is 17.6 Å². The van der Waals surface area contributed by atoms with Crippen LogP contribution in [0.1, 0.15) is 20.8 Å². The Labute approximate surface area is 149 Å². The number of nitrogens with zero attached hydrogens (tertiary/aromatic N) is 1. The first-order valence-corrected chi connectivity index (χ1v) is 10.0. The van der Waals surface area contributed by atoms with Crippen molar-refractivity contribution >= 4 is 15.9 Å². The van der Waals surface area contributed by atoms with Gasteiger partial charge in [-0.3, -0.25) is 4.79 Å². The lowest BCUT2D eigenvalue weighted by molar-refractivity contribution is -0.917. The number of sulfonamides is 1. The second kappa shape index (κ2) is 8.25. The van der Waals surface area contributed by atoms with Crippen LogP contribution in [0.25, 0.3) is 0 Å². The third-order valence-corrected chi connectivity index (χ3v) is 6.42. The topological polar surface area (TPSA) is 70.9 Å². The molecule has 140 valence electrons. The molecule has 8 heteroatoms. The van der Waals surface area contributed by atoms with E-state index in [1.165, 1.54) is 16.4 Å². The summed E-state index contributed by atoms with van der Waals surface area (Å²) in [7, 11) is -3.62. The molecule has 0 aliphatic carbocycles. The Bertz CT molecular complexity index is 684. The molecule has 2 rings (SSSR count). The quantitative estimate of drug-likeness (QED) is 0.731. The van der Waals surface area contributed by atoms with Gasteiger partial charge in [0.25, 0.3) is 5.91 Å². The zero-order valence-corrected chi connectivity index (χ0v) is 15.8. The van der Waals surface area contributed by atoms with Gasteiger partial charge in [0.2, 0.25) is 10.0 Å². The smallest absolute Gasteiger partial charge is 0.278 e. The Hall–Kier alpha value is -1.51. The van der Waals surface area contributed by atoms with Crippen LogP contribution >= 0.6 is 0 Å². The van der Waals surface area contributed by atoms with Crippen LogP contribution in [-0.4, -0.2) is 57.4 Å². The highest BCUT2D eigenvalue weighted by atomic mass is 32.2. The van der Waals surface area contributed by atoms with Crippen LogP contribution in [0.4, 0.5) is 4.39 Å². The number of nitrogens with one attached hydrogen (secondary N) is 2. The van der Waals surface area contributed by atoms with Crippen LogP contribution in [0.3, 0.4) is 0 Å². The Morgan fingerprint density at radius 3 is 2.28 bits per heavy atom. The number of halogens is 1. The maximum Gasteiger partial charge on any atom is 0.278 e. The predicted octanol–water partition coefficient (Wildman–Crippen LogP) is -0.124. The molecule has 25 heavy (non-hydrogen) atoms. The van der Waals surface area contributed by atoms with Gasteiger partial charge >= 0.3 is 0 Å². The van der Waals surface area contributed by atoms with Crippen LogP contribution in [-0.2, 0) is 14.8 Å². The lowest BCUT2D eigenvalue weighted by Gasteiger charge is -2.34. The van der Waals surface area contributed by atoms with Crippen molar-refractivity contribution in [3.63, 3.8) is 0 Å². The Morgan fingerprint density at radius 2 is 1.76 bits per heavy atom. The van der Waals surface area contributed by atoms with E-state index < -0.39 is 15.8 Å². The number of carbonyl (C=O) groups excluding carboxylic acids is 1. The van der Waals surface area contributed by atoms with Gasteiger partial charge in [0.1, 0.15) is 5.82 Å². The molecule has 1 amide bonds. The van der Waals surface area contributed by atoms with E-state index in [-0.39, 0.29) is 16.8 Å². The van der Waals surface area contributed by atoms with Crippen molar-refractivity contribution in [3.05, 3.63) is 30.1 Å². The van der Waals surface area contributed by atoms with Crippen LogP contribution in [0, 0.1) is 11.7 Å². The molecule has 0 aromatic heterocycles. The minimum atomic E-state index is -3.62. The molecule has 1 aromatic carbocycles. The van der Waals surface area contributed by atoms with E-state index in [0.29, 0.717) is 38.6 Å². The number of hydrogen-bond acceptors (Lipinski definition) is 3. The first-order chi connectivity index (χ1) is 11.7. The average molecular weight is 372 g/mol. The monoisotopic (exact) mass is 372 g/mol. The van der Waals surface area contributed by atoms with Crippen molar-refractivity contribution in [1.29, 1.82) is 0 Å². The Morgan fingerprint density at radius 1 is 1.20 bits per heavy atom. The molecule has 2 N–H and O–H groups in total. The maximum absolute atomic E-state index is 13.0. The minimum Gasteiger partial charge on any atom is -0.351 e. The predicted molar refractivity (Wildman–Crippen MR) is 93.2 cm³/mol. The number of rotatable bonds is 6. The molecule has 1 atom stereocenters. The third-order valence-electron chi connectivity index (χ3n) is 4.51. The molecule has 0 spiro atoms. The molecule has 1 heterocycles. The van der Waals surface area contributed by atoms with Gasteiger partial charge in [-0.2, -0.15) is 4.31 Å². The Kier molecular flexibility index (Phi) is 6.53. The average Bonchev–Trinajstić information content (AvgIpc) is 2.59. The van der Waals surface area contributed by atoms with E-state index >= 15 is 0 Å². The van der Waals surface area contributed by atoms with Crippen molar-refractivity contribution in [2.75, 3.05) is 32.7 Å². The molecule has 0 bridgehead atoms. The largest absolute Gasteiger partial charge is 0.351 e. The minimum absolute atomic E-state index is 0.00135. The van der Waals surface area contributed by atoms with Crippen molar-refractivity contribution in [1.82, 2.24) is 9.62 Å². The number of amides is 1. The maximum atomic E-state index is 13.0. The van der Waals surface area contributed by atoms with Gasteiger partial charge < -0.3 is 10.2 Å². The summed E-state index contributed by atoms with van der Waals surface area (Å²) in [5.41, 5.74) is 0. The molecule has 1 fully saturated rings. The fourth-order valence-electron chi connectivity index (χ4n) is 2.85. The standard InChI is InChI=1S/C17H26FN3O3S/c1-13(2)12-19-17(22)14(3)20-8-10-21(11-9-20)25(23,24)16-6-4-15(18)5-7-16/h4-7,13-14H,8-12H2,1-3H3,(H,19,22)/p+1/t14-/m1/s1. The summed E-state index contributed by atoms with van der Waals surface area (Å²) >= 11 is 0. The van der Waals surface area contributed by atoms with E-state index in [1.807, 2.05) is 20.8 Å². The van der Waals surface area contributed by atoms with Gasteiger partial charge in [0, 0.05) is 6.54 Å². The van der Waals surface area contributed by atoms with Crippen LogP contribution in [0.15, 0.2) is 29.2 Å². The van der Waals surface area contributed by atoms with Crippen molar-refractivity contribution in [2.45, 2.75) is 31.7 Å². The number of carbonyl (C=O) groups is 1. The zero-order chi connectivity index (χ0) is 18.6. The van der Waals surface area contributed by atoms with E-state index in [4.69, 9.17) is 0 Å². The normalized spacial score (nSPS) is 18.3. The Balaban J connectivity index is 1.94. The summed E-state index contributed by atoms with van der Waals surface area (Å²) < 4.78 is 39.6. The zero-order valence-electron chi connectivity index (χ0n) is 15.0. The number of benzene rings is 1. The molecule has 1 aliphatic heterocycles. The van der Waals surface area contributed by atoms with Gasteiger partial charge in [-0.25, -0.2) is 12.8 Å². The second-order valence-corrected chi connectivity index (χ2v) is 8.81. The number of piperazine rings is 1. The molecule has 0 saturated carbocycles. The first-order valence-electron chi connectivity index (χ1n) is 8.60. The highest BCUT2D eigenvalue weighted by molar-refractivity contribution is 7.89. The fraction of sp³-hybridized carbons (Fsp3) is 0.588. The molecule has 1 aromatic rings. The van der Waals surface area contributed by atoms with E-state index in [0.717, 1.165) is 17.0 Å². The summed E-state index contributed by atoms with van der Waals surface area (Å²) in [6.45, 7) is 8.41. The van der Waals surface area contributed by atoms with Crippen LogP contribution in [0.2, 0.25) is 0 Å². The number of quaternary nitrogens is 1. The van der Waals surface area contributed by atoms with Gasteiger partial charge in [-0.1, -0.05) is 13.8 Å². The number of hydrogen-bond donors (Lipinski definition) is 2. The first kappa shape index (κ1) is 19.8. The lowest BCUT2D eigenvalue weighted by atomic mass is 10.2. The third kappa shape index (κ3) is 4.99. The van der Waals surface area contributed by atoms with Gasteiger partial charge in [0.15, 0.2) is 6.04 Å². The van der Waals surface area contributed by atoms with Crippen molar-refractivity contribution in [3.8, 4) is 0 Å². The molecule has 0 unspecified atom stereocenters. The van der Waals surface area contributed by atoms with Gasteiger partial charge in [0.05, 0.1) is 31.1 Å². The molecular formula is C17H27FN3O3S+. The van der Waals surface area contributed by atoms with Gasteiger partial charge in [-0.05, 0) is 37.1 Å². The van der Waals surface area contributed by atoms with E-state index in [1.54, 1.807) is 0 Å². The SMILES string of the molecule is CC(C)CNC(=O)[C@@H](C)[NH+]1CCN(S(=O)(=O)c2ccc(F)cc2)CC1. The summed E-state index contributed by atoms with van der Waals surface area (Å²) in [6.07, 6.45) is 0. The van der Waals surface area contributed by atoms with Crippen LogP contribution in [0.5, 0.6) is 0 Å². The molecular weight excluding hydrogens is 345 g/mol. The summed E-state index contributed by atoms with van der Waals surface area (Å²) in [5.74, 6) is -0.0724. The molecule has 0 radical (unpaired) electrons. The fourth-order valence-corrected chi connectivity index (χ4v) is 4.29. The summed E-state index contributed by atoms with van der Waals surface area (Å²) in [4.78, 5) is 13.4.